The molecule has 0 aliphatic heterocycles. The number of nitrogens with one attached hydrogen (secondary N) is 1. The van der Waals surface area contributed by atoms with Crippen molar-refractivity contribution in [3.63, 3.8) is 0 Å². The Bertz CT molecular complexity index is 859. The van der Waals surface area contributed by atoms with Crippen molar-refractivity contribution in [2.24, 2.45) is 0 Å². The summed E-state index contributed by atoms with van der Waals surface area (Å²) in [6.07, 6.45) is 4.60. The van der Waals surface area contributed by atoms with E-state index in [0.717, 1.165) is 24.4 Å². The predicted octanol–water partition coefficient (Wildman–Crippen LogP) is 3.95. The van der Waals surface area contributed by atoms with Crippen molar-refractivity contribution in [2.75, 3.05) is 5.32 Å². The molecule has 3 rings (SSSR count). The molecule has 1 aromatic heterocycles. The van der Waals surface area contributed by atoms with Gasteiger partial charge in [-0.1, -0.05) is 36.4 Å². The molecule has 1 heterocycles. The quantitative estimate of drug-likeness (QED) is 0.524. The maximum absolute atomic E-state index is 11.2. The first-order chi connectivity index (χ1) is 12.1. The van der Waals surface area contributed by atoms with Gasteiger partial charge in [-0.15, -0.1) is 0 Å². The number of aryl methyl sites for hydroxylation is 3. The molecule has 0 saturated heterocycles. The van der Waals surface area contributed by atoms with E-state index in [4.69, 9.17) is 0 Å². The van der Waals surface area contributed by atoms with Crippen LogP contribution in [-0.2, 0) is 19.5 Å². The first-order valence-electron chi connectivity index (χ1n) is 8.16. The highest BCUT2D eigenvalue weighted by atomic mass is 16.6. The molecule has 0 radical (unpaired) electrons. The van der Waals surface area contributed by atoms with Gasteiger partial charge in [-0.25, -0.2) is 4.98 Å². The topological polar surface area (TPSA) is 73.0 Å². The summed E-state index contributed by atoms with van der Waals surface area (Å²) in [5, 5.41) is 14.3. The number of imidazole rings is 1. The van der Waals surface area contributed by atoms with E-state index < -0.39 is 0 Å². The van der Waals surface area contributed by atoms with E-state index in [1.54, 1.807) is 18.3 Å². The molecule has 0 atom stereocenters. The van der Waals surface area contributed by atoms with Crippen molar-refractivity contribution in [3.8, 4) is 0 Å². The molecule has 3 aromatic rings. The number of nitro groups is 1. The highest BCUT2D eigenvalue weighted by molar-refractivity contribution is 5.62. The lowest BCUT2D eigenvalue weighted by atomic mass is 10.1. The van der Waals surface area contributed by atoms with Crippen molar-refractivity contribution in [3.05, 3.63) is 88.0 Å². The van der Waals surface area contributed by atoms with E-state index in [9.17, 15) is 10.1 Å². The molecular weight excluding hydrogens is 316 g/mol. The minimum Gasteiger partial charge on any atom is -0.372 e. The summed E-state index contributed by atoms with van der Waals surface area (Å²) in [6, 6.07) is 15.4. The van der Waals surface area contributed by atoms with Gasteiger partial charge in [-0.2, -0.15) is 0 Å². The van der Waals surface area contributed by atoms with E-state index in [2.05, 4.69) is 27.0 Å². The Morgan fingerprint density at radius 2 is 2.00 bits per heavy atom. The van der Waals surface area contributed by atoms with Gasteiger partial charge in [0, 0.05) is 25.0 Å². The number of anilines is 1. The van der Waals surface area contributed by atoms with Crippen molar-refractivity contribution < 1.29 is 4.92 Å². The SMILES string of the molecule is Cc1ccc(NCc2nccn2CCc2ccccc2)c([N+](=O)[O-])c1. The second kappa shape index (κ2) is 7.61. The van der Waals surface area contributed by atoms with Gasteiger partial charge in [0.1, 0.15) is 11.5 Å². The highest BCUT2D eigenvalue weighted by Crippen LogP contribution is 2.25. The summed E-state index contributed by atoms with van der Waals surface area (Å²) in [4.78, 5) is 15.2. The zero-order valence-corrected chi connectivity index (χ0v) is 14.1. The second-order valence-corrected chi connectivity index (χ2v) is 5.90. The Hall–Kier alpha value is -3.15. The number of nitrogens with zero attached hydrogens (tertiary/aromatic N) is 3. The summed E-state index contributed by atoms with van der Waals surface area (Å²) in [7, 11) is 0. The Morgan fingerprint density at radius 3 is 2.76 bits per heavy atom. The van der Waals surface area contributed by atoms with Gasteiger partial charge in [-0.3, -0.25) is 10.1 Å². The smallest absolute Gasteiger partial charge is 0.292 e. The monoisotopic (exact) mass is 336 g/mol. The number of benzene rings is 2. The zero-order chi connectivity index (χ0) is 17.6. The largest absolute Gasteiger partial charge is 0.372 e. The molecule has 0 fully saturated rings. The third-order valence-electron chi connectivity index (χ3n) is 4.07. The van der Waals surface area contributed by atoms with Crippen LogP contribution in [-0.4, -0.2) is 14.5 Å². The zero-order valence-electron chi connectivity index (χ0n) is 14.1. The van der Waals surface area contributed by atoms with Crippen LogP contribution in [0.5, 0.6) is 0 Å². The lowest BCUT2D eigenvalue weighted by molar-refractivity contribution is -0.384. The molecule has 0 bridgehead atoms. The summed E-state index contributed by atoms with van der Waals surface area (Å²) in [6.45, 7) is 3.09. The molecule has 2 aromatic carbocycles. The molecule has 128 valence electrons. The number of nitro benzene ring substituents is 1. The van der Waals surface area contributed by atoms with Crippen LogP contribution < -0.4 is 5.32 Å². The van der Waals surface area contributed by atoms with Crippen LogP contribution in [0, 0.1) is 17.0 Å². The van der Waals surface area contributed by atoms with Crippen LogP contribution in [0.25, 0.3) is 0 Å². The van der Waals surface area contributed by atoms with E-state index in [-0.39, 0.29) is 10.6 Å². The third-order valence-corrected chi connectivity index (χ3v) is 4.07. The molecule has 0 unspecified atom stereocenters. The van der Waals surface area contributed by atoms with Crippen molar-refractivity contribution in [1.29, 1.82) is 0 Å². The van der Waals surface area contributed by atoms with Gasteiger partial charge in [0.2, 0.25) is 0 Å². The molecule has 0 saturated carbocycles. The maximum Gasteiger partial charge on any atom is 0.292 e. The van der Waals surface area contributed by atoms with Gasteiger partial charge in [0.25, 0.3) is 5.69 Å². The normalized spacial score (nSPS) is 10.6. The molecule has 0 aliphatic rings. The molecule has 0 aliphatic carbocycles. The van der Waals surface area contributed by atoms with Crippen LogP contribution in [0.2, 0.25) is 0 Å². The van der Waals surface area contributed by atoms with Crippen molar-refractivity contribution in [2.45, 2.75) is 26.4 Å². The first kappa shape index (κ1) is 16.7. The number of hydrogen-bond acceptors (Lipinski definition) is 4. The number of hydrogen-bond donors (Lipinski definition) is 1. The van der Waals surface area contributed by atoms with Gasteiger partial charge in [0.05, 0.1) is 11.5 Å². The Balaban J connectivity index is 1.67. The lowest BCUT2D eigenvalue weighted by Gasteiger charge is -2.10. The van der Waals surface area contributed by atoms with Gasteiger partial charge in [-0.05, 0) is 30.5 Å². The summed E-state index contributed by atoms with van der Waals surface area (Å²) >= 11 is 0. The van der Waals surface area contributed by atoms with Crippen molar-refractivity contribution in [1.82, 2.24) is 9.55 Å². The Kier molecular flexibility index (Phi) is 5.09. The van der Waals surface area contributed by atoms with E-state index in [1.165, 1.54) is 5.56 Å². The highest BCUT2D eigenvalue weighted by Gasteiger charge is 2.14. The standard InChI is InChI=1S/C19H20N4O2/c1-15-7-8-17(18(13-15)23(24)25)21-14-19-20-10-12-22(19)11-9-16-5-3-2-4-6-16/h2-8,10,12-13,21H,9,11,14H2,1H3. The number of rotatable bonds is 7. The third kappa shape index (κ3) is 4.23. The summed E-state index contributed by atoms with van der Waals surface area (Å²) in [5.74, 6) is 0.853. The minimum absolute atomic E-state index is 0.0855. The molecule has 25 heavy (non-hydrogen) atoms. The first-order valence-corrected chi connectivity index (χ1v) is 8.16. The predicted molar refractivity (Wildman–Crippen MR) is 97.5 cm³/mol. The molecule has 0 spiro atoms. The van der Waals surface area contributed by atoms with Crippen LogP contribution in [0.15, 0.2) is 60.9 Å². The molecule has 6 nitrogen and oxygen atoms in total. The fourth-order valence-electron chi connectivity index (χ4n) is 2.72. The lowest BCUT2D eigenvalue weighted by Crippen LogP contribution is -2.10. The minimum atomic E-state index is -0.364. The fraction of sp³-hybridized carbons (Fsp3) is 0.211. The molecular formula is C19H20N4O2. The maximum atomic E-state index is 11.2. The average molecular weight is 336 g/mol. The van der Waals surface area contributed by atoms with Crippen LogP contribution in [0.4, 0.5) is 11.4 Å². The van der Waals surface area contributed by atoms with Crippen LogP contribution >= 0.6 is 0 Å². The molecule has 1 N–H and O–H groups in total. The van der Waals surface area contributed by atoms with Crippen LogP contribution in [0.3, 0.4) is 0 Å². The van der Waals surface area contributed by atoms with Gasteiger partial charge < -0.3 is 9.88 Å². The van der Waals surface area contributed by atoms with Gasteiger partial charge in [0.15, 0.2) is 0 Å². The summed E-state index contributed by atoms with van der Waals surface area (Å²) in [5.41, 5.74) is 2.72. The summed E-state index contributed by atoms with van der Waals surface area (Å²) < 4.78 is 2.07. The van der Waals surface area contributed by atoms with E-state index in [0.29, 0.717) is 12.2 Å². The Labute approximate surface area is 146 Å². The second-order valence-electron chi connectivity index (χ2n) is 5.90. The van der Waals surface area contributed by atoms with Crippen molar-refractivity contribution >= 4 is 11.4 Å². The average Bonchev–Trinajstić information content (AvgIpc) is 3.07. The van der Waals surface area contributed by atoms with E-state index >= 15 is 0 Å². The van der Waals surface area contributed by atoms with Crippen LogP contribution in [0.1, 0.15) is 17.0 Å². The molecule has 6 heteroatoms. The van der Waals surface area contributed by atoms with E-state index in [1.807, 2.05) is 37.4 Å². The fourth-order valence-corrected chi connectivity index (χ4v) is 2.72. The molecule has 0 amide bonds. The number of aromatic nitrogens is 2. The Morgan fingerprint density at radius 1 is 1.20 bits per heavy atom. The van der Waals surface area contributed by atoms with Gasteiger partial charge >= 0.3 is 0 Å².